The van der Waals surface area contributed by atoms with Gasteiger partial charge < -0.3 is 4.74 Å². The number of hydrogen-bond donors (Lipinski definition) is 0. The lowest BCUT2D eigenvalue weighted by Gasteiger charge is -2.05. The van der Waals surface area contributed by atoms with Crippen LogP contribution in [0.25, 0.3) is 0 Å². The van der Waals surface area contributed by atoms with Crippen LogP contribution < -0.4 is 4.74 Å². The van der Waals surface area contributed by atoms with Gasteiger partial charge in [-0.05, 0) is 30.2 Å². The zero-order chi connectivity index (χ0) is 11.3. The molecular formula is C12H13NO2. The lowest BCUT2D eigenvalue weighted by Crippen LogP contribution is -1.99. The molecule has 0 atom stereocenters. The van der Waals surface area contributed by atoms with Crippen molar-refractivity contribution in [2.24, 2.45) is 0 Å². The minimum atomic E-state index is -0.161. The number of nitrogens with zero attached hydrogens (tertiary/aromatic N) is 1. The molecule has 0 fully saturated rings. The molecular weight excluding hydrogens is 190 g/mol. The van der Waals surface area contributed by atoms with Crippen molar-refractivity contribution in [3.8, 4) is 11.8 Å². The van der Waals surface area contributed by atoms with Crippen molar-refractivity contribution in [1.29, 1.82) is 5.26 Å². The number of benzene rings is 1. The first kappa shape index (κ1) is 11.3. The molecule has 0 heterocycles. The Balaban J connectivity index is 3.07. The van der Waals surface area contributed by atoms with Crippen LogP contribution in [-0.2, 0) is 6.42 Å². The van der Waals surface area contributed by atoms with Crippen LogP contribution in [0.1, 0.15) is 29.3 Å². The quantitative estimate of drug-likeness (QED) is 0.706. The highest BCUT2D eigenvalue weighted by Gasteiger charge is 2.08. The molecule has 1 aromatic carbocycles. The summed E-state index contributed by atoms with van der Waals surface area (Å²) in [4.78, 5) is 11.5. The Labute approximate surface area is 89.3 Å². The van der Waals surface area contributed by atoms with E-state index in [1.807, 2.05) is 25.1 Å². The van der Waals surface area contributed by atoms with Crippen LogP contribution in [0.2, 0.25) is 0 Å². The van der Waals surface area contributed by atoms with E-state index in [-0.39, 0.29) is 12.2 Å². The Kier molecular flexibility index (Phi) is 3.87. The van der Waals surface area contributed by atoms with Gasteiger partial charge in [-0.2, -0.15) is 5.26 Å². The maximum atomic E-state index is 11.5. The number of carbonyl (C=O) groups excluding carboxylic acids is 1. The Hall–Kier alpha value is -1.82. The molecule has 15 heavy (non-hydrogen) atoms. The minimum absolute atomic E-state index is 0.0870. The Morgan fingerprint density at radius 2 is 2.20 bits per heavy atom. The van der Waals surface area contributed by atoms with Crippen molar-refractivity contribution >= 4 is 5.78 Å². The highest BCUT2D eigenvalue weighted by molar-refractivity contribution is 5.97. The highest BCUT2D eigenvalue weighted by atomic mass is 16.5. The fourth-order valence-electron chi connectivity index (χ4n) is 1.32. The number of hydrogen-bond acceptors (Lipinski definition) is 3. The van der Waals surface area contributed by atoms with E-state index in [0.717, 1.165) is 12.0 Å². The third-order valence-electron chi connectivity index (χ3n) is 2.17. The van der Waals surface area contributed by atoms with Gasteiger partial charge in [0.2, 0.25) is 0 Å². The van der Waals surface area contributed by atoms with Gasteiger partial charge >= 0.3 is 0 Å². The molecule has 0 bridgehead atoms. The van der Waals surface area contributed by atoms with E-state index in [1.54, 1.807) is 13.2 Å². The largest absolute Gasteiger partial charge is 0.497 e. The number of ether oxygens (including phenoxy) is 1. The minimum Gasteiger partial charge on any atom is -0.497 e. The zero-order valence-corrected chi connectivity index (χ0v) is 8.91. The van der Waals surface area contributed by atoms with Crippen molar-refractivity contribution < 1.29 is 9.53 Å². The smallest absolute Gasteiger partial charge is 0.177 e. The van der Waals surface area contributed by atoms with Gasteiger partial charge in [0.25, 0.3) is 0 Å². The molecule has 0 N–H and O–H groups in total. The van der Waals surface area contributed by atoms with E-state index in [0.29, 0.717) is 11.3 Å². The third-order valence-corrected chi connectivity index (χ3v) is 2.17. The van der Waals surface area contributed by atoms with Crippen LogP contribution in [0.4, 0.5) is 0 Å². The first-order valence-electron chi connectivity index (χ1n) is 4.79. The van der Waals surface area contributed by atoms with Crippen molar-refractivity contribution in [3.05, 3.63) is 29.3 Å². The summed E-state index contributed by atoms with van der Waals surface area (Å²) in [6.45, 7) is 2.01. The summed E-state index contributed by atoms with van der Waals surface area (Å²) in [6, 6.07) is 7.22. The van der Waals surface area contributed by atoms with Gasteiger partial charge in [0, 0.05) is 5.56 Å². The molecule has 0 unspecified atom stereocenters. The van der Waals surface area contributed by atoms with Crippen LogP contribution in [0.15, 0.2) is 18.2 Å². The number of carbonyl (C=O) groups is 1. The second-order valence-electron chi connectivity index (χ2n) is 3.18. The molecule has 3 heteroatoms. The molecule has 0 aliphatic rings. The monoisotopic (exact) mass is 203 g/mol. The fraction of sp³-hybridized carbons (Fsp3) is 0.333. The average molecular weight is 203 g/mol. The second kappa shape index (κ2) is 5.16. The molecule has 1 aromatic rings. The van der Waals surface area contributed by atoms with E-state index in [4.69, 9.17) is 10.00 Å². The summed E-state index contributed by atoms with van der Waals surface area (Å²) in [5.41, 5.74) is 1.59. The van der Waals surface area contributed by atoms with E-state index >= 15 is 0 Å². The molecule has 78 valence electrons. The predicted molar refractivity (Wildman–Crippen MR) is 56.9 cm³/mol. The molecule has 3 nitrogen and oxygen atoms in total. The van der Waals surface area contributed by atoms with Crippen LogP contribution in [0.5, 0.6) is 5.75 Å². The molecule has 0 aliphatic heterocycles. The van der Waals surface area contributed by atoms with Gasteiger partial charge in [-0.1, -0.05) is 6.92 Å². The third kappa shape index (κ3) is 2.81. The maximum absolute atomic E-state index is 11.5. The van der Waals surface area contributed by atoms with Gasteiger partial charge in [0.1, 0.15) is 5.75 Å². The number of rotatable bonds is 4. The van der Waals surface area contributed by atoms with Gasteiger partial charge in [0.05, 0.1) is 19.6 Å². The Bertz CT molecular complexity index is 382. The van der Waals surface area contributed by atoms with Crippen molar-refractivity contribution in [1.82, 2.24) is 0 Å². The first-order chi connectivity index (χ1) is 7.21. The summed E-state index contributed by atoms with van der Waals surface area (Å²) in [6.07, 6.45) is 0.750. The van der Waals surface area contributed by atoms with Crippen molar-refractivity contribution in [2.75, 3.05) is 7.11 Å². The molecule has 1 rings (SSSR count). The summed E-state index contributed by atoms with van der Waals surface area (Å²) in [7, 11) is 1.56. The molecule has 0 amide bonds. The van der Waals surface area contributed by atoms with Crippen molar-refractivity contribution in [3.63, 3.8) is 0 Å². The average Bonchev–Trinajstić information content (AvgIpc) is 2.28. The standard InChI is InChI=1S/C12H13NO2/c1-3-9-6-10(12(14)4-5-13)8-11(7-9)15-2/h6-8H,3-4H2,1-2H3. The fourth-order valence-corrected chi connectivity index (χ4v) is 1.32. The van der Waals surface area contributed by atoms with Gasteiger partial charge in [0.15, 0.2) is 5.78 Å². The number of methoxy groups -OCH3 is 1. The van der Waals surface area contributed by atoms with E-state index in [2.05, 4.69) is 0 Å². The second-order valence-corrected chi connectivity index (χ2v) is 3.18. The zero-order valence-electron chi connectivity index (χ0n) is 8.91. The first-order valence-corrected chi connectivity index (χ1v) is 4.79. The topological polar surface area (TPSA) is 50.1 Å². The highest BCUT2D eigenvalue weighted by Crippen LogP contribution is 2.18. The summed E-state index contributed by atoms with van der Waals surface area (Å²) in [5.74, 6) is 0.502. The Morgan fingerprint density at radius 1 is 1.47 bits per heavy atom. The van der Waals surface area contributed by atoms with Crippen LogP contribution in [0.3, 0.4) is 0 Å². The molecule has 0 saturated heterocycles. The number of Topliss-reactive ketones (excluding diaryl/α,β-unsaturated/α-hetero) is 1. The SMILES string of the molecule is CCc1cc(OC)cc(C(=O)CC#N)c1. The predicted octanol–water partition coefficient (Wildman–Crippen LogP) is 2.35. The summed E-state index contributed by atoms with van der Waals surface area (Å²) >= 11 is 0. The normalized spacial score (nSPS) is 9.40. The van der Waals surface area contributed by atoms with Crippen LogP contribution >= 0.6 is 0 Å². The lowest BCUT2D eigenvalue weighted by molar-refractivity contribution is 0.0997. The van der Waals surface area contributed by atoms with Crippen LogP contribution in [-0.4, -0.2) is 12.9 Å². The van der Waals surface area contributed by atoms with E-state index < -0.39 is 0 Å². The van der Waals surface area contributed by atoms with Gasteiger partial charge in [-0.15, -0.1) is 0 Å². The van der Waals surface area contributed by atoms with Crippen LogP contribution in [0, 0.1) is 11.3 Å². The summed E-state index contributed by atoms with van der Waals surface area (Å²) in [5, 5.41) is 8.45. The molecule has 0 radical (unpaired) electrons. The maximum Gasteiger partial charge on any atom is 0.177 e. The molecule has 0 spiro atoms. The molecule has 0 aliphatic carbocycles. The summed E-state index contributed by atoms with van der Waals surface area (Å²) < 4.78 is 5.09. The van der Waals surface area contributed by atoms with Gasteiger partial charge in [-0.3, -0.25) is 4.79 Å². The van der Waals surface area contributed by atoms with Gasteiger partial charge in [-0.25, -0.2) is 0 Å². The van der Waals surface area contributed by atoms with E-state index in [9.17, 15) is 4.79 Å². The molecule has 0 saturated carbocycles. The van der Waals surface area contributed by atoms with E-state index in [1.165, 1.54) is 0 Å². The molecule has 0 aromatic heterocycles. The lowest BCUT2D eigenvalue weighted by atomic mass is 10.0. The number of ketones is 1. The Morgan fingerprint density at radius 3 is 2.73 bits per heavy atom. The number of nitriles is 1. The van der Waals surface area contributed by atoms with Crippen molar-refractivity contribution in [2.45, 2.75) is 19.8 Å². The number of aryl methyl sites for hydroxylation is 1.